The summed E-state index contributed by atoms with van der Waals surface area (Å²) in [6, 6.07) is 8.16. The van der Waals surface area contributed by atoms with Crippen molar-refractivity contribution in [1.82, 2.24) is 4.90 Å². The molecule has 1 amide bonds. The lowest BCUT2D eigenvalue weighted by Crippen LogP contribution is -2.42. The third-order valence-electron chi connectivity index (χ3n) is 4.12. The first-order chi connectivity index (χ1) is 12.3. The van der Waals surface area contributed by atoms with Crippen molar-refractivity contribution in [2.45, 2.75) is 12.3 Å². The molecule has 0 radical (unpaired) electrons. The topological polar surface area (TPSA) is 29.5 Å². The molecule has 0 N–H and O–H groups in total. The Kier molecular flexibility index (Phi) is 5.20. The summed E-state index contributed by atoms with van der Waals surface area (Å²) in [5.41, 5.74) is -0.0371. The van der Waals surface area contributed by atoms with Gasteiger partial charge in [0.1, 0.15) is 11.9 Å². The predicted octanol–water partition coefficient (Wildman–Crippen LogP) is 4.71. The second kappa shape index (κ2) is 7.25. The quantitative estimate of drug-likeness (QED) is 0.698. The van der Waals surface area contributed by atoms with E-state index >= 15 is 0 Å². The minimum atomic E-state index is -4.41. The average Bonchev–Trinajstić information content (AvgIpc) is 2.61. The van der Waals surface area contributed by atoms with Crippen molar-refractivity contribution >= 4 is 17.5 Å². The van der Waals surface area contributed by atoms with Crippen molar-refractivity contribution in [2.24, 2.45) is 0 Å². The summed E-state index contributed by atoms with van der Waals surface area (Å²) in [5, 5.41) is 0.00701. The number of benzene rings is 2. The van der Waals surface area contributed by atoms with Gasteiger partial charge in [0.2, 0.25) is 0 Å². The van der Waals surface area contributed by atoms with E-state index in [9.17, 15) is 22.4 Å². The second-order valence-electron chi connectivity index (χ2n) is 5.85. The molecule has 0 aliphatic carbocycles. The number of carbonyl (C=O) groups excluding carboxylic acids is 1. The highest BCUT2D eigenvalue weighted by molar-refractivity contribution is 6.33. The van der Waals surface area contributed by atoms with E-state index in [1.807, 2.05) is 0 Å². The molecule has 0 bridgehead atoms. The number of amides is 1. The van der Waals surface area contributed by atoms with Gasteiger partial charge in [-0.3, -0.25) is 4.79 Å². The minimum absolute atomic E-state index is 0.00701. The summed E-state index contributed by atoms with van der Waals surface area (Å²) in [6.07, 6.45) is -4.96. The van der Waals surface area contributed by atoms with Crippen LogP contribution < -0.4 is 0 Å². The van der Waals surface area contributed by atoms with Gasteiger partial charge >= 0.3 is 6.18 Å². The van der Waals surface area contributed by atoms with Crippen LogP contribution in [0.2, 0.25) is 5.02 Å². The third-order valence-corrected chi connectivity index (χ3v) is 4.44. The maximum Gasteiger partial charge on any atom is 0.416 e. The number of carbonyl (C=O) groups is 1. The molecule has 0 aromatic heterocycles. The standard InChI is InChI=1S/C18H14ClF4NO2/c19-15-9-13(20)5-6-14(15)17(25)24-7-8-26-16(10-24)11-1-3-12(4-2-11)18(21,22)23/h1-6,9,16H,7-8,10H2. The fourth-order valence-electron chi connectivity index (χ4n) is 2.76. The molecular formula is C18H14ClF4NO2. The van der Waals surface area contributed by atoms with Gasteiger partial charge in [-0.2, -0.15) is 13.2 Å². The minimum Gasteiger partial charge on any atom is -0.370 e. The Morgan fingerprint density at radius 3 is 2.46 bits per heavy atom. The molecule has 1 aliphatic rings. The van der Waals surface area contributed by atoms with Gasteiger partial charge in [-0.25, -0.2) is 4.39 Å². The predicted molar refractivity (Wildman–Crippen MR) is 87.5 cm³/mol. The highest BCUT2D eigenvalue weighted by Gasteiger charge is 2.31. The number of hydrogen-bond acceptors (Lipinski definition) is 2. The molecule has 1 unspecified atom stereocenters. The van der Waals surface area contributed by atoms with Crippen molar-refractivity contribution < 1.29 is 27.1 Å². The summed E-state index contributed by atoms with van der Waals surface area (Å²) < 4.78 is 56.7. The van der Waals surface area contributed by atoms with Gasteiger partial charge in [0.15, 0.2) is 0 Å². The molecule has 26 heavy (non-hydrogen) atoms. The summed E-state index contributed by atoms with van der Waals surface area (Å²) >= 11 is 5.93. The highest BCUT2D eigenvalue weighted by Crippen LogP contribution is 2.31. The molecule has 3 rings (SSSR count). The van der Waals surface area contributed by atoms with Crippen LogP contribution >= 0.6 is 11.6 Å². The zero-order valence-corrected chi connectivity index (χ0v) is 14.1. The van der Waals surface area contributed by atoms with Gasteiger partial charge in [-0.1, -0.05) is 23.7 Å². The van der Waals surface area contributed by atoms with Crippen LogP contribution in [0.15, 0.2) is 42.5 Å². The van der Waals surface area contributed by atoms with E-state index in [4.69, 9.17) is 16.3 Å². The lowest BCUT2D eigenvalue weighted by Gasteiger charge is -2.33. The maximum absolute atomic E-state index is 13.1. The van der Waals surface area contributed by atoms with Crippen LogP contribution in [0, 0.1) is 5.82 Å². The van der Waals surface area contributed by atoms with E-state index in [2.05, 4.69) is 0 Å². The molecular weight excluding hydrogens is 374 g/mol. The molecule has 0 saturated carbocycles. The van der Waals surface area contributed by atoms with Crippen LogP contribution in [0.3, 0.4) is 0 Å². The Morgan fingerprint density at radius 1 is 1.15 bits per heavy atom. The first kappa shape index (κ1) is 18.7. The molecule has 3 nitrogen and oxygen atoms in total. The summed E-state index contributed by atoms with van der Waals surface area (Å²) in [4.78, 5) is 14.1. The molecule has 0 spiro atoms. The Balaban J connectivity index is 1.75. The summed E-state index contributed by atoms with van der Waals surface area (Å²) in [7, 11) is 0. The highest BCUT2D eigenvalue weighted by atomic mass is 35.5. The van der Waals surface area contributed by atoms with Gasteiger partial charge < -0.3 is 9.64 Å². The number of nitrogens with zero attached hydrogens (tertiary/aromatic N) is 1. The van der Waals surface area contributed by atoms with Gasteiger partial charge in [0, 0.05) is 6.54 Å². The fraction of sp³-hybridized carbons (Fsp3) is 0.278. The van der Waals surface area contributed by atoms with Gasteiger partial charge in [-0.15, -0.1) is 0 Å². The first-order valence-electron chi connectivity index (χ1n) is 7.79. The smallest absolute Gasteiger partial charge is 0.370 e. The van der Waals surface area contributed by atoms with Crippen LogP contribution in [-0.4, -0.2) is 30.5 Å². The van der Waals surface area contributed by atoms with E-state index in [-0.39, 0.29) is 29.6 Å². The monoisotopic (exact) mass is 387 g/mol. The lowest BCUT2D eigenvalue weighted by molar-refractivity contribution is -0.137. The SMILES string of the molecule is O=C(c1ccc(F)cc1Cl)N1CCOC(c2ccc(C(F)(F)F)cc2)C1. The number of halogens is 5. The van der Waals surface area contributed by atoms with E-state index in [0.29, 0.717) is 12.1 Å². The van der Waals surface area contributed by atoms with E-state index in [0.717, 1.165) is 24.3 Å². The summed E-state index contributed by atoms with van der Waals surface area (Å²) in [5.74, 6) is -0.925. The van der Waals surface area contributed by atoms with Crippen LogP contribution in [0.4, 0.5) is 17.6 Å². The van der Waals surface area contributed by atoms with Crippen molar-refractivity contribution in [3.05, 3.63) is 70.0 Å². The van der Waals surface area contributed by atoms with E-state index < -0.39 is 23.7 Å². The third kappa shape index (κ3) is 3.99. The molecule has 2 aromatic carbocycles. The van der Waals surface area contributed by atoms with Crippen molar-refractivity contribution in [3.63, 3.8) is 0 Å². The largest absolute Gasteiger partial charge is 0.416 e. The number of ether oxygens (including phenoxy) is 1. The Hall–Kier alpha value is -2.12. The van der Waals surface area contributed by atoms with Gasteiger partial charge in [0.25, 0.3) is 5.91 Å². The fourth-order valence-corrected chi connectivity index (χ4v) is 3.00. The molecule has 1 fully saturated rings. The van der Waals surface area contributed by atoms with Crippen LogP contribution in [0.1, 0.15) is 27.6 Å². The Morgan fingerprint density at radius 2 is 1.85 bits per heavy atom. The molecule has 2 aromatic rings. The van der Waals surface area contributed by atoms with Crippen molar-refractivity contribution in [2.75, 3.05) is 19.7 Å². The molecule has 1 heterocycles. The van der Waals surface area contributed by atoms with E-state index in [1.54, 1.807) is 0 Å². The molecule has 1 aliphatic heterocycles. The van der Waals surface area contributed by atoms with Crippen molar-refractivity contribution in [3.8, 4) is 0 Å². The van der Waals surface area contributed by atoms with Crippen LogP contribution in [-0.2, 0) is 10.9 Å². The maximum atomic E-state index is 13.1. The molecule has 138 valence electrons. The van der Waals surface area contributed by atoms with E-state index in [1.165, 1.54) is 23.1 Å². The summed E-state index contributed by atoms with van der Waals surface area (Å²) in [6.45, 7) is 0.706. The number of alkyl halides is 3. The normalized spacial score (nSPS) is 18.0. The Labute approximate surface area is 152 Å². The van der Waals surface area contributed by atoms with Crippen molar-refractivity contribution in [1.29, 1.82) is 0 Å². The number of morpholine rings is 1. The number of rotatable bonds is 2. The van der Waals surface area contributed by atoms with Crippen LogP contribution in [0.25, 0.3) is 0 Å². The zero-order valence-electron chi connectivity index (χ0n) is 13.4. The molecule has 8 heteroatoms. The molecule has 1 atom stereocenters. The van der Waals surface area contributed by atoms with Gasteiger partial charge in [0.05, 0.1) is 29.3 Å². The lowest BCUT2D eigenvalue weighted by atomic mass is 10.0. The Bertz CT molecular complexity index is 808. The zero-order chi connectivity index (χ0) is 18.9. The van der Waals surface area contributed by atoms with Crippen LogP contribution in [0.5, 0.6) is 0 Å². The number of hydrogen-bond donors (Lipinski definition) is 0. The average molecular weight is 388 g/mol. The molecule has 1 saturated heterocycles. The first-order valence-corrected chi connectivity index (χ1v) is 8.16. The van der Waals surface area contributed by atoms with Gasteiger partial charge in [-0.05, 0) is 35.9 Å². The second-order valence-corrected chi connectivity index (χ2v) is 6.26.